The lowest BCUT2D eigenvalue weighted by Crippen LogP contribution is -2.45. The maximum Gasteiger partial charge on any atom is 0.306 e. The average Bonchev–Trinajstić information content (AvgIpc) is 2.96. The van der Waals surface area contributed by atoms with E-state index in [-0.39, 0.29) is 24.6 Å². The Labute approximate surface area is 171 Å². The standard InChI is InChI=1S/C20H32O5.C3H8/c1-5-8-10-12-18(21)23-15-20(7-3)17(14-16(4)25-20)24-19(22)13-11-9-6-2;1-3-2/h3,16-17H,5-6,8-15H2,1-2,4H3;3H2,1-2H3/t16-,17-,20+;/m0./s1. The molecule has 0 saturated carbocycles. The lowest BCUT2D eigenvalue weighted by atomic mass is 9.98. The summed E-state index contributed by atoms with van der Waals surface area (Å²) in [6.07, 6.45) is 13.1. The first kappa shape index (κ1) is 26.5. The van der Waals surface area contributed by atoms with Crippen molar-refractivity contribution in [3.63, 3.8) is 0 Å². The first-order chi connectivity index (χ1) is 13.4. The molecule has 0 N–H and O–H groups in total. The molecule has 3 atom stereocenters. The summed E-state index contributed by atoms with van der Waals surface area (Å²) in [4.78, 5) is 23.9. The number of hydrogen-bond acceptors (Lipinski definition) is 5. The molecule has 1 aliphatic rings. The highest BCUT2D eigenvalue weighted by atomic mass is 16.6. The highest BCUT2D eigenvalue weighted by molar-refractivity contribution is 5.70. The van der Waals surface area contributed by atoms with E-state index in [4.69, 9.17) is 20.6 Å². The van der Waals surface area contributed by atoms with Gasteiger partial charge >= 0.3 is 11.9 Å². The van der Waals surface area contributed by atoms with E-state index in [0.717, 1.165) is 38.5 Å². The highest BCUT2D eigenvalue weighted by Crippen LogP contribution is 2.33. The van der Waals surface area contributed by atoms with Crippen molar-refractivity contribution in [1.82, 2.24) is 0 Å². The van der Waals surface area contributed by atoms with Gasteiger partial charge in [-0.3, -0.25) is 9.59 Å². The Kier molecular flexibility index (Phi) is 14.5. The molecule has 0 aromatic carbocycles. The second-order valence-corrected chi connectivity index (χ2v) is 7.46. The van der Waals surface area contributed by atoms with Gasteiger partial charge in [0.15, 0.2) is 5.60 Å². The summed E-state index contributed by atoms with van der Waals surface area (Å²) in [7, 11) is 0. The van der Waals surface area contributed by atoms with Gasteiger partial charge in [-0.1, -0.05) is 65.7 Å². The first-order valence-electron chi connectivity index (χ1n) is 10.9. The average molecular weight is 397 g/mol. The third kappa shape index (κ3) is 10.1. The molecule has 0 amide bonds. The number of rotatable bonds is 11. The van der Waals surface area contributed by atoms with Crippen LogP contribution in [-0.2, 0) is 23.8 Å². The van der Waals surface area contributed by atoms with Crippen LogP contribution in [0.4, 0.5) is 0 Å². The van der Waals surface area contributed by atoms with Gasteiger partial charge in [0.05, 0.1) is 6.10 Å². The van der Waals surface area contributed by atoms with Crippen LogP contribution in [0.1, 0.15) is 98.8 Å². The molecule has 0 unspecified atom stereocenters. The van der Waals surface area contributed by atoms with Crippen LogP contribution >= 0.6 is 0 Å². The van der Waals surface area contributed by atoms with Crippen molar-refractivity contribution >= 4 is 11.9 Å². The molecule has 0 aliphatic carbocycles. The number of carbonyl (C=O) groups excluding carboxylic acids is 2. The molecule has 162 valence electrons. The van der Waals surface area contributed by atoms with Gasteiger partial charge in [0.1, 0.15) is 12.7 Å². The number of unbranched alkanes of at least 4 members (excludes halogenated alkanes) is 4. The topological polar surface area (TPSA) is 61.8 Å². The van der Waals surface area contributed by atoms with Crippen LogP contribution in [0.2, 0.25) is 0 Å². The van der Waals surface area contributed by atoms with Crippen molar-refractivity contribution in [3.8, 4) is 12.3 Å². The second kappa shape index (κ2) is 15.4. The fraction of sp³-hybridized carbons (Fsp3) is 0.826. The molecule has 1 aliphatic heterocycles. The number of carbonyl (C=O) groups is 2. The van der Waals surface area contributed by atoms with Crippen LogP contribution in [0.5, 0.6) is 0 Å². The van der Waals surface area contributed by atoms with Crippen LogP contribution in [0.25, 0.3) is 0 Å². The Morgan fingerprint density at radius 1 is 1.04 bits per heavy atom. The van der Waals surface area contributed by atoms with Crippen molar-refractivity contribution in [2.45, 2.75) is 117 Å². The zero-order valence-corrected chi connectivity index (χ0v) is 18.6. The van der Waals surface area contributed by atoms with Gasteiger partial charge in [-0.2, -0.15) is 0 Å². The zero-order chi connectivity index (χ0) is 21.4. The molecule has 5 nitrogen and oxygen atoms in total. The monoisotopic (exact) mass is 396 g/mol. The molecule has 1 fully saturated rings. The molecular formula is C23H40O5. The minimum Gasteiger partial charge on any atom is -0.461 e. The summed E-state index contributed by atoms with van der Waals surface area (Å²) in [5, 5.41) is 0. The first-order valence-corrected chi connectivity index (χ1v) is 10.9. The van der Waals surface area contributed by atoms with Crippen LogP contribution in [0.15, 0.2) is 0 Å². The molecule has 1 rings (SSSR count). The summed E-state index contributed by atoms with van der Waals surface area (Å²) in [5.74, 6) is 2.01. The molecule has 5 heteroatoms. The van der Waals surface area contributed by atoms with E-state index in [1.165, 1.54) is 6.42 Å². The van der Waals surface area contributed by atoms with Gasteiger partial charge in [0.25, 0.3) is 0 Å². The van der Waals surface area contributed by atoms with E-state index in [9.17, 15) is 9.59 Å². The predicted molar refractivity (Wildman–Crippen MR) is 112 cm³/mol. The minimum atomic E-state index is -1.18. The molecule has 0 bridgehead atoms. The lowest BCUT2D eigenvalue weighted by molar-refractivity contribution is -0.164. The van der Waals surface area contributed by atoms with Crippen molar-refractivity contribution in [2.24, 2.45) is 0 Å². The van der Waals surface area contributed by atoms with Gasteiger partial charge in [-0.15, -0.1) is 6.42 Å². The Morgan fingerprint density at radius 2 is 1.57 bits per heavy atom. The largest absolute Gasteiger partial charge is 0.461 e. The van der Waals surface area contributed by atoms with Crippen molar-refractivity contribution in [1.29, 1.82) is 0 Å². The second-order valence-electron chi connectivity index (χ2n) is 7.46. The normalized spacial score (nSPS) is 23.3. The van der Waals surface area contributed by atoms with E-state index in [1.807, 2.05) is 6.92 Å². The van der Waals surface area contributed by atoms with Gasteiger partial charge in [0, 0.05) is 19.3 Å². The summed E-state index contributed by atoms with van der Waals surface area (Å²) in [5.41, 5.74) is -1.18. The van der Waals surface area contributed by atoms with Crippen LogP contribution in [0, 0.1) is 12.3 Å². The zero-order valence-electron chi connectivity index (χ0n) is 18.6. The third-order valence-corrected chi connectivity index (χ3v) is 4.41. The van der Waals surface area contributed by atoms with E-state index in [2.05, 4.69) is 33.6 Å². The highest BCUT2D eigenvalue weighted by Gasteiger charge is 2.50. The summed E-state index contributed by atoms with van der Waals surface area (Å²) in [6, 6.07) is 0. The summed E-state index contributed by atoms with van der Waals surface area (Å²) < 4.78 is 16.7. The predicted octanol–water partition coefficient (Wildman–Crippen LogP) is 5.20. The molecule has 1 saturated heterocycles. The van der Waals surface area contributed by atoms with E-state index in [0.29, 0.717) is 19.3 Å². The fourth-order valence-electron chi connectivity index (χ4n) is 2.93. The van der Waals surface area contributed by atoms with Crippen molar-refractivity contribution in [3.05, 3.63) is 0 Å². The molecule has 28 heavy (non-hydrogen) atoms. The molecule has 0 spiro atoms. The maximum absolute atomic E-state index is 12.0. The lowest BCUT2D eigenvalue weighted by Gasteiger charge is -2.28. The molecular weight excluding hydrogens is 356 g/mol. The SMILES string of the molecule is C#C[C@]1(COC(=O)CCCCC)O[C@@H](C)C[C@@H]1OC(=O)CCCCC.CCC. The van der Waals surface area contributed by atoms with Gasteiger partial charge in [-0.05, 0) is 19.8 Å². The quantitative estimate of drug-likeness (QED) is 0.273. The van der Waals surface area contributed by atoms with Gasteiger partial charge < -0.3 is 14.2 Å². The van der Waals surface area contributed by atoms with E-state index < -0.39 is 11.7 Å². The minimum absolute atomic E-state index is 0.0777. The Bertz CT molecular complexity index is 482. The van der Waals surface area contributed by atoms with E-state index in [1.54, 1.807) is 0 Å². The Hall–Kier alpha value is -1.54. The number of ether oxygens (including phenoxy) is 3. The maximum atomic E-state index is 12.0. The number of hydrogen-bond donors (Lipinski definition) is 0. The number of terminal acetylenes is 1. The number of esters is 2. The smallest absolute Gasteiger partial charge is 0.306 e. The van der Waals surface area contributed by atoms with E-state index >= 15 is 0 Å². The molecule has 0 radical (unpaired) electrons. The molecule has 0 aromatic rings. The molecule has 0 aromatic heterocycles. The van der Waals surface area contributed by atoms with Crippen LogP contribution in [-0.4, -0.2) is 36.4 Å². The fourth-order valence-corrected chi connectivity index (χ4v) is 2.93. The van der Waals surface area contributed by atoms with Crippen LogP contribution < -0.4 is 0 Å². The third-order valence-electron chi connectivity index (χ3n) is 4.41. The van der Waals surface area contributed by atoms with Crippen molar-refractivity contribution < 1.29 is 23.8 Å². The summed E-state index contributed by atoms with van der Waals surface area (Å²) in [6.45, 7) is 10.2. The van der Waals surface area contributed by atoms with Gasteiger partial charge in [0.2, 0.25) is 0 Å². The van der Waals surface area contributed by atoms with Crippen LogP contribution in [0.3, 0.4) is 0 Å². The molecule has 1 heterocycles. The Morgan fingerprint density at radius 3 is 2.07 bits per heavy atom. The Balaban J connectivity index is 0.00000227. The summed E-state index contributed by atoms with van der Waals surface area (Å²) >= 11 is 0. The van der Waals surface area contributed by atoms with Gasteiger partial charge in [-0.25, -0.2) is 0 Å². The van der Waals surface area contributed by atoms with Crippen molar-refractivity contribution in [2.75, 3.05) is 6.61 Å².